The molecule has 2 aromatic rings. The van der Waals surface area contributed by atoms with E-state index in [0.29, 0.717) is 32.8 Å². The fourth-order valence-electron chi connectivity index (χ4n) is 2.03. The van der Waals surface area contributed by atoms with Crippen LogP contribution >= 0.6 is 45.2 Å². The van der Waals surface area contributed by atoms with Crippen molar-refractivity contribution < 1.29 is 19.1 Å². The summed E-state index contributed by atoms with van der Waals surface area (Å²) in [5.41, 5.74) is 3.73. The third-order valence-electron chi connectivity index (χ3n) is 3.04. The van der Waals surface area contributed by atoms with Gasteiger partial charge in [0, 0.05) is 16.1 Å². The predicted octanol–water partition coefficient (Wildman–Crippen LogP) is 3.98. The molecule has 8 heteroatoms. The molecule has 136 valence electrons. The Balaban J connectivity index is 2.16. The lowest BCUT2D eigenvalue weighted by Gasteiger charge is -2.12. The molecule has 0 unspecified atom stereocenters. The Morgan fingerprint density at radius 3 is 2.65 bits per heavy atom. The van der Waals surface area contributed by atoms with Crippen LogP contribution < -0.4 is 14.9 Å². The molecular weight excluding hydrogens is 562 g/mol. The molecular formula is C18H16I2N2O4. The molecule has 0 fully saturated rings. The highest BCUT2D eigenvalue weighted by atomic mass is 127. The number of halogens is 2. The Labute approximate surface area is 178 Å². The zero-order chi connectivity index (χ0) is 19.1. The lowest BCUT2D eigenvalue weighted by Crippen LogP contribution is -2.17. The number of ether oxygens (including phenoxy) is 2. The number of carbonyl (C=O) groups is 2. The van der Waals surface area contributed by atoms with Crippen molar-refractivity contribution in [1.29, 1.82) is 0 Å². The first-order chi connectivity index (χ1) is 12.4. The van der Waals surface area contributed by atoms with E-state index < -0.39 is 5.97 Å². The minimum Gasteiger partial charge on any atom is -0.490 e. The van der Waals surface area contributed by atoms with Crippen LogP contribution in [0.4, 0.5) is 0 Å². The molecule has 0 aliphatic carbocycles. The summed E-state index contributed by atoms with van der Waals surface area (Å²) in [5, 5.41) is 3.99. The van der Waals surface area contributed by atoms with Gasteiger partial charge in [-0.2, -0.15) is 5.10 Å². The van der Waals surface area contributed by atoms with E-state index in [2.05, 4.69) is 55.7 Å². The number of rotatable bonds is 6. The lowest BCUT2D eigenvalue weighted by molar-refractivity contribution is -0.132. The second kappa shape index (κ2) is 9.86. The standard InChI is InChI=1S/C18H16I2N2O4/c1-3-25-16-8-12(7-15(20)17(16)26-11(2)23)10-21-22-18(24)13-5-4-6-14(19)9-13/h4-10H,3H2,1-2H3,(H,22,24)/b21-10-. The first-order valence-corrected chi connectivity index (χ1v) is 9.80. The van der Waals surface area contributed by atoms with Crippen molar-refractivity contribution in [1.82, 2.24) is 5.43 Å². The summed E-state index contributed by atoms with van der Waals surface area (Å²) in [4.78, 5) is 23.3. The van der Waals surface area contributed by atoms with Crippen molar-refractivity contribution in [3.05, 3.63) is 54.7 Å². The molecule has 0 heterocycles. The first-order valence-electron chi connectivity index (χ1n) is 7.64. The average Bonchev–Trinajstić information content (AvgIpc) is 2.58. The number of nitrogens with zero attached hydrogens (tertiary/aromatic N) is 1. The van der Waals surface area contributed by atoms with Crippen molar-refractivity contribution in [3.63, 3.8) is 0 Å². The number of amides is 1. The summed E-state index contributed by atoms with van der Waals surface area (Å²) in [6.45, 7) is 3.60. The van der Waals surface area contributed by atoms with E-state index in [1.807, 2.05) is 19.1 Å². The van der Waals surface area contributed by atoms with E-state index in [1.54, 1.807) is 24.3 Å². The third-order valence-corrected chi connectivity index (χ3v) is 4.52. The fourth-order valence-corrected chi connectivity index (χ4v) is 3.31. The van der Waals surface area contributed by atoms with Crippen LogP contribution in [0, 0.1) is 7.14 Å². The molecule has 26 heavy (non-hydrogen) atoms. The summed E-state index contributed by atoms with van der Waals surface area (Å²) >= 11 is 4.20. The maximum Gasteiger partial charge on any atom is 0.308 e. The zero-order valence-corrected chi connectivity index (χ0v) is 18.4. The smallest absolute Gasteiger partial charge is 0.308 e. The molecule has 0 aliphatic rings. The van der Waals surface area contributed by atoms with E-state index in [-0.39, 0.29) is 5.91 Å². The zero-order valence-electron chi connectivity index (χ0n) is 14.1. The van der Waals surface area contributed by atoms with Crippen LogP contribution in [0.3, 0.4) is 0 Å². The molecule has 1 N–H and O–H groups in total. The number of hydrazone groups is 1. The Kier molecular flexibility index (Phi) is 7.82. The Hall–Kier alpha value is -1.69. The topological polar surface area (TPSA) is 77.0 Å². The van der Waals surface area contributed by atoms with Crippen LogP contribution in [-0.4, -0.2) is 24.7 Å². The highest BCUT2D eigenvalue weighted by Crippen LogP contribution is 2.34. The van der Waals surface area contributed by atoms with Crippen LogP contribution in [0.1, 0.15) is 29.8 Å². The molecule has 0 saturated carbocycles. The number of nitrogens with one attached hydrogen (secondary N) is 1. The quantitative estimate of drug-likeness (QED) is 0.185. The molecule has 0 radical (unpaired) electrons. The van der Waals surface area contributed by atoms with E-state index in [4.69, 9.17) is 9.47 Å². The monoisotopic (exact) mass is 578 g/mol. The first kappa shape index (κ1) is 20.6. The number of hydrogen-bond donors (Lipinski definition) is 1. The Bertz CT molecular complexity index is 853. The third kappa shape index (κ3) is 5.94. The molecule has 0 spiro atoms. The number of carbonyl (C=O) groups excluding carboxylic acids is 2. The van der Waals surface area contributed by atoms with Gasteiger partial charge in [0.15, 0.2) is 11.5 Å². The van der Waals surface area contributed by atoms with Crippen LogP contribution in [0.2, 0.25) is 0 Å². The van der Waals surface area contributed by atoms with Crippen molar-refractivity contribution >= 4 is 63.3 Å². The lowest BCUT2D eigenvalue weighted by atomic mass is 10.2. The largest absolute Gasteiger partial charge is 0.490 e. The van der Waals surface area contributed by atoms with Crippen molar-refractivity contribution in [2.75, 3.05) is 6.61 Å². The van der Waals surface area contributed by atoms with E-state index in [1.165, 1.54) is 13.1 Å². The Morgan fingerprint density at radius 2 is 2.00 bits per heavy atom. The summed E-state index contributed by atoms with van der Waals surface area (Å²) in [6.07, 6.45) is 1.51. The molecule has 0 saturated heterocycles. The molecule has 0 bridgehead atoms. The fraction of sp³-hybridized carbons (Fsp3) is 0.167. The second-order valence-corrected chi connectivity index (χ2v) is 7.47. The van der Waals surface area contributed by atoms with Gasteiger partial charge in [-0.3, -0.25) is 9.59 Å². The predicted molar refractivity (Wildman–Crippen MR) is 116 cm³/mol. The van der Waals surface area contributed by atoms with Gasteiger partial charge in [-0.25, -0.2) is 5.43 Å². The SMILES string of the molecule is CCOc1cc(/C=N\NC(=O)c2cccc(I)c2)cc(I)c1OC(C)=O. The van der Waals surface area contributed by atoms with Gasteiger partial charge in [0.25, 0.3) is 5.91 Å². The molecule has 0 atom stereocenters. The molecule has 6 nitrogen and oxygen atoms in total. The minimum atomic E-state index is -0.421. The Morgan fingerprint density at radius 1 is 1.23 bits per heavy atom. The second-order valence-electron chi connectivity index (χ2n) is 5.07. The van der Waals surface area contributed by atoms with Crippen LogP contribution in [0.5, 0.6) is 11.5 Å². The van der Waals surface area contributed by atoms with E-state index in [9.17, 15) is 9.59 Å². The van der Waals surface area contributed by atoms with Gasteiger partial charge in [-0.05, 0) is 88.0 Å². The number of hydrogen-bond acceptors (Lipinski definition) is 5. The summed E-state index contributed by atoms with van der Waals surface area (Å²) in [5.74, 6) is 0.103. The van der Waals surface area contributed by atoms with Crippen LogP contribution in [-0.2, 0) is 4.79 Å². The van der Waals surface area contributed by atoms with E-state index in [0.717, 1.165) is 3.57 Å². The molecule has 0 aromatic heterocycles. The highest BCUT2D eigenvalue weighted by molar-refractivity contribution is 14.1. The van der Waals surface area contributed by atoms with Gasteiger partial charge < -0.3 is 9.47 Å². The minimum absolute atomic E-state index is 0.295. The van der Waals surface area contributed by atoms with Gasteiger partial charge >= 0.3 is 5.97 Å². The molecule has 0 aliphatic heterocycles. The number of esters is 1. The summed E-state index contributed by atoms with van der Waals surface area (Å²) < 4.78 is 12.4. The molecule has 2 rings (SSSR count). The number of benzene rings is 2. The normalized spacial score (nSPS) is 10.6. The van der Waals surface area contributed by atoms with Gasteiger partial charge in [0.2, 0.25) is 0 Å². The maximum absolute atomic E-state index is 12.1. The summed E-state index contributed by atoms with van der Waals surface area (Å²) in [6, 6.07) is 10.7. The van der Waals surface area contributed by atoms with Crippen molar-refractivity contribution in [3.8, 4) is 11.5 Å². The van der Waals surface area contributed by atoms with Crippen molar-refractivity contribution in [2.45, 2.75) is 13.8 Å². The van der Waals surface area contributed by atoms with E-state index >= 15 is 0 Å². The summed E-state index contributed by atoms with van der Waals surface area (Å²) in [7, 11) is 0. The highest BCUT2D eigenvalue weighted by Gasteiger charge is 2.13. The van der Waals surface area contributed by atoms with Crippen LogP contribution in [0.15, 0.2) is 41.5 Å². The van der Waals surface area contributed by atoms with Crippen molar-refractivity contribution in [2.24, 2.45) is 5.10 Å². The van der Waals surface area contributed by atoms with Gasteiger partial charge in [0.05, 0.1) is 16.4 Å². The average molecular weight is 578 g/mol. The van der Waals surface area contributed by atoms with Gasteiger partial charge in [-0.15, -0.1) is 0 Å². The van der Waals surface area contributed by atoms with Gasteiger partial charge in [-0.1, -0.05) is 6.07 Å². The maximum atomic E-state index is 12.1. The molecule has 2 aromatic carbocycles. The molecule has 1 amide bonds. The van der Waals surface area contributed by atoms with Gasteiger partial charge in [0.1, 0.15) is 0 Å². The van der Waals surface area contributed by atoms with Crippen LogP contribution in [0.25, 0.3) is 0 Å².